The molecule has 1 aromatic carbocycles. The summed E-state index contributed by atoms with van der Waals surface area (Å²) < 4.78 is 13.2. The zero-order valence-corrected chi connectivity index (χ0v) is 9.22. The van der Waals surface area contributed by atoms with Gasteiger partial charge in [-0.05, 0) is 38.3 Å². The zero-order chi connectivity index (χ0) is 11.5. The lowest BCUT2D eigenvalue weighted by Crippen LogP contribution is -2.41. The second-order valence-electron chi connectivity index (χ2n) is 4.14. The van der Waals surface area contributed by atoms with Crippen LogP contribution in [0.2, 0.25) is 0 Å². The maximum absolute atomic E-state index is 13.2. The first-order chi connectivity index (χ1) is 7.66. The first-order valence-corrected chi connectivity index (χ1v) is 5.49. The number of benzene rings is 1. The van der Waals surface area contributed by atoms with E-state index in [1.807, 2.05) is 0 Å². The molecular weight excluding hydrogens is 207 g/mol. The van der Waals surface area contributed by atoms with Crippen molar-refractivity contribution in [1.29, 1.82) is 0 Å². The number of carbonyl (C=O) groups excluding carboxylic acids is 1. The standard InChI is InChI=1S/C12H15FN2O/c1-8-10(13)6-3-7-11(8)15-12(16)14-9-4-2-5-9/h3,6-7,9H,2,4-5H2,1H3,(H2,14,15,16). The molecular formula is C12H15FN2O. The molecule has 2 amide bonds. The van der Waals surface area contributed by atoms with Gasteiger partial charge >= 0.3 is 6.03 Å². The van der Waals surface area contributed by atoms with Gasteiger partial charge in [-0.25, -0.2) is 9.18 Å². The molecule has 0 atom stereocenters. The van der Waals surface area contributed by atoms with Crippen LogP contribution in [0, 0.1) is 12.7 Å². The monoisotopic (exact) mass is 222 g/mol. The number of halogens is 1. The molecule has 1 aromatic rings. The van der Waals surface area contributed by atoms with Crippen molar-refractivity contribution < 1.29 is 9.18 Å². The second kappa shape index (κ2) is 4.51. The Kier molecular flexibility index (Phi) is 3.08. The number of nitrogens with one attached hydrogen (secondary N) is 2. The average molecular weight is 222 g/mol. The zero-order valence-electron chi connectivity index (χ0n) is 9.22. The van der Waals surface area contributed by atoms with Crippen LogP contribution in [0.3, 0.4) is 0 Å². The summed E-state index contributed by atoms with van der Waals surface area (Å²) in [4.78, 5) is 11.5. The minimum absolute atomic E-state index is 0.251. The molecule has 2 rings (SSSR count). The Morgan fingerprint density at radius 2 is 2.19 bits per heavy atom. The molecule has 1 aliphatic rings. The molecule has 1 fully saturated rings. The maximum Gasteiger partial charge on any atom is 0.319 e. The number of anilines is 1. The Bertz CT molecular complexity index is 402. The third-order valence-electron chi connectivity index (χ3n) is 2.96. The molecule has 0 radical (unpaired) electrons. The SMILES string of the molecule is Cc1c(F)cccc1NC(=O)NC1CCC1. The Morgan fingerprint density at radius 3 is 2.81 bits per heavy atom. The van der Waals surface area contributed by atoms with Crippen LogP contribution in [0.1, 0.15) is 24.8 Å². The van der Waals surface area contributed by atoms with Crippen LogP contribution in [0.25, 0.3) is 0 Å². The smallest absolute Gasteiger partial charge is 0.319 e. The highest BCUT2D eigenvalue weighted by Gasteiger charge is 2.19. The molecule has 86 valence electrons. The van der Waals surface area contributed by atoms with Crippen molar-refractivity contribution in [2.24, 2.45) is 0 Å². The van der Waals surface area contributed by atoms with E-state index in [0.717, 1.165) is 12.8 Å². The van der Waals surface area contributed by atoms with Gasteiger partial charge in [0.25, 0.3) is 0 Å². The number of rotatable bonds is 2. The van der Waals surface area contributed by atoms with Gasteiger partial charge in [0.2, 0.25) is 0 Å². The Labute approximate surface area is 94.0 Å². The predicted molar refractivity (Wildman–Crippen MR) is 60.9 cm³/mol. The Balaban J connectivity index is 1.97. The molecule has 0 aromatic heterocycles. The predicted octanol–water partition coefficient (Wildman–Crippen LogP) is 2.81. The summed E-state index contributed by atoms with van der Waals surface area (Å²) in [6.45, 7) is 1.65. The molecule has 16 heavy (non-hydrogen) atoms. The number of urea groups is 1. The van der Waals surface area contributed by atoms with Gasteiger partial charge in [-0.3, -0.25) is 0 Å². The Hall–Kier alpha value is -1.58. The van der Waals surface area contributed by atoms with Crippen LogP contribution in [0.15, 0.2) is 18.2 Å². The quantitative estimate of drug-likeness (QED) is 0.793. The van der Waals surface area contributed by atoms with E-state index in [9.17, 15) is 9.18 Å². The lowest BCUT2D eigenvalue weighted by Gasteiger charge is -2.26. The summed E-state index contributed by atoms with van der Waals surface area (Å²) in [5.74, 6) is -0.304. The normalized spacial score (nSPS) is 15.4. The van der Waals surface area contributed by atoms with Crippen LogP contribution in [-0.4, -0.2) is 12.1 Å². The van der Waals surface area contributed by atoms with Crippen molar-refractivity contribution in [3.05, 3.63) is 29.6 Å². The first-order valence-electron chi connectivity index (χ1n) is 5.49. The summed E-state index contributed by atoms with van der Waals surface area (Å²) in [6.07, 6.45) is 3.25. The van der Waals surface area contributed by atoms with Gasteiger partial charge in [0.15, 0.2) is 0 Å². The van der Waals surface area contributed by atoms with E-state index in [0.29, 0.717) is 11.3 Å². The fraction of sp³-hybridized carbons (Fsp3) is 0.417. The lowest BCUT2D eigenvalue weighted by atomic mass is 9.93. The fourth-order valence-corrected chi connectivity index (χ4v) is 1.64. The largest absolute Gasteiger partial charge is 0.335 e. The number of amides is 2. The van der Waals surface area contributed by atoms with Gasteiger partial charge in [-0.2, -0.15) is 0 Å². The molecule has 0 bridgehead atoms. The molecule has 0 saturated heterocycles. The van der Waals surface area contributed by atoms with Crippen LogP contribution < -0.4 is 10.6 Å². The highest BCUT2D eigenvalue weighted by Crippen LogP contribution is 2.19. The van der Waals surface area contributed by atoms with Crippen molar-refractivity contribution >= 4 is 11.7 Å². The van der Waals surface area contributed by atoms with Gasteiger partial charge in [-0.15, -0.1) is 0 Å². The average Bonchev–Trinajstić information content (AvgIpc) is 2.19. The summed E-state index contributed by atoms with van der Waals surface area (Å²) >= 11 is 0. The minimum Gasteiger partial charge on any atom is -0.335 e. The van der Waals surface area contributed by atoms with Crippen molar-refractivity contribution in [2.75, 3.05) is 5.32 Å². The van der Waals surface area contributed by atoms with E-state index in [1.165, 1.54) is 12.5 Å². The van der Waals surface area contributed by atoms with Gasteiger partial charge in [-0.1, -0.05) is 6.07 Å². The highest BCUT2D eigenvalue weighted by atomic mass is 19.1. The summed E-state index contributed by atoms with van der Waals surface area (Å²) in [6, 6.07) is 4.69. The van der Waals surface area contributed by atoms with Gasteiger partial charge < -0.3 is 10.6 Å². The molecule has 0 aliphatic heterocycles. The summed E-state index contributed by atoms with van der Waals surface area (Å²) in [5.41, 5.74) is 0.989. The van der Waals surface area contributed by atoms with Crippen molar-refractivity contribution in [3.8, 4) is 0 Å². The van der Waals surface area contributed by atoms with E-state index < -0.39 is 0 Å². The lowest BCUT2D eigenvalue weighted by molar-refractivity contribution is 0.240. The molecule has 1 saturated carbocycles. The number of hydrogen-bond acceptors (Lipinski definition) is 1. The van der Waals surface area contributed by atoms with Crippen LogP contribution in [0.4, 0.5) is 14.9 Å². The summed E-state index contributed by atoms with van der Waals surface area (Å²) in [5, 5.41) is 5.50. The molecule has 2 N–H and O–H groups in total. The highest BCUT2D eigenvalue weighted by molar-refractivity contribution is 5.90. The van der Waals surface area contributed by atoms with Crippen molar-refractivity contribution in [1.82, 2.24) is 5.32 Å². The third-order valence-corrected chi connectivity index (χ3v) is 2.96. The van der Waals surface area contributed by atoms with E-state index in [1.54, 1.807) is 19.1 Å². The summed E-state index contributed by atoms with van der Waals surface area (Å²) in [7, 11) is 0. The van der Waals surface area contributed by atoms with E-state index in [2.05, 4.69) is 10.6 Å². The van der Waals surface area contributed by atoms with Crippen LogP contribution in [-0.2, 0) is 0 Å². The number of hydrogen-bond donors (Lipinski definition) is 2. The molecule has 0 spiro atoms. The van der Waals surface area contributed by atoms with Crippen molar-refractivity contribution in [2.45, 2.75) is 32.2 Å². The van der Waals surface area contributed by atoms with Gasteiger partial charge in [0.05, 0.1) is 0 Å². The van der Waals surface area contributed by atoms with E-state index in [-0.39, 0.29) is 17.9 Å². The van der Waals surface area contributed by atoms with Crippen molar-refractivity contribution in [3.63, 3.8) is 0 Å². The van der Waals surface area contributed by atoms with Crippen LogP contribution in [0.5, 0.6) is 0 Å². The minimum atomic E-state index is -0.304. The molecule has 1 aliphatic carbocycles. The molecule has 0 unspecified atom stereocenters. The van der Waals surface area contributed by atoms with E-state index in [4.69, 9.17) is 0 Å². The second-order valence-corrected chi connectivity index (χ2v) is 4.14. The molecule has 4 heteroatoms. The van der Waals surface area contributed by atoms with Gasteiger partial charge in [0, 0.05) is 17.3 Å². The topological polar surface area (TPSA) is 41.1 Å². The molecule has 3 nitrogen and oxygen atoms in total. The van der Waals surface area contributed by atoms with Gasteiger partial charge in [0.1, 0.15) is 5.82 Å². The maximum atomic E-state index is 13.2. The van der Waals surface area contributed by atoms with Crippen LogP contribution >= 0.6 is 0 Å². The number of carbonyl (C=O) groups is 1. The molecule has 0 heterocycles. The Morgan fingerprint density at radius 1 is 1.44 bits per heavy atom. The van der Waals surface area contributed by atoms with E-state index >= 15 is 0 Å². The first kappa shape index (κ1) is 10.9. The fourth-order valence-electron chi connectivity index (χ4n) is 1.64. The third kappa shape index (κ3) is 2.32.